The molecule has 0 aliphatic rings. The van der Waals surface area contributed by atoms with Crippen LogP contribution in [0.15, 0.2) is 97.3 Å². The fourth-order valence-corrected chi connectivity index (χ4v) is 3.38. The quantitative estimate of drug-likeness (QED) is 0.318. The zero-order valence-electron chi connectivity index (χ0n) is 13.6. The molecule has 0 bridgehead atoms. The molecule has 2 nitrogen and oxygen atoms in total. The molecular weight excluding hydrogens is 306 g/mol. The molecule has 0 saturated heterocycles. The van der Waals surface area contributed by atoms with Crippen LogP contribution in [0.5, 0.6) is 5.75 Å². The number of aromatic nitrogens is 1. The Morgan fingerprint density at radius 3 is 2.04 bits per heavy atom. The summed E-state index contributed by atoms with van der Waals surface area (Å²) in [6, 6.07) is 29.3. The van der Waals surface area contributed by atoms with E-state index in [0.29, 0.717) is 0 Å². The van der Waals surface area contributed by atoms with E-state index >= 15 is 0 Å². The first-order valence-corrected chi connectivity index (χ1v) is 8.37. The Bertz CT molecular complexity index is 1230. The van der Waals surface area contributed by atoms with Crippen molar-refractivity contribution < 1.29 is 9.57 Å². The summed E-state index contributed by atoms with van der Waals surface area (Å²) in [6.45, 7) is 0. The summed E-state index contributed by atoms with van der Waals surface area (Å²) in [7, 11) is 0. The van der Waals surface area contributed by atoms with Gasteiger partial charge in [-0.15, -0.1) is 0 Å². The fraction of sp³-hybridized carbons (Fsp3) is 0. The second kappa shape index (κ2) is 5.60. The molecule has 0 fully saturated rings. The van der Waals surface area contributed by atoms with Crippen molar-refractivity contribution in [1.29, 1.82) is 0 Å². The molecule has 5 aromatic rings. The van der Waals surface area contributed by atoms with E-state index in [9.17, 15) is 0 Å². The summed E-state index contributed by atoms with van der Waals surface area (Å²) in [5.74, 6) is 0.856. The van der Waals surface area contributed by atoms with Crippen molar-refractivity contribution in [3.63, 3.8) is 0 Å². The largest absolute Gasteiger partial charge is 0.231 e. The molecule has 0 amide bonds. The van der Waals surface area contributed by atoms with Crippen LogP contribution in [0.2, 0.25) is 0 Å². The van der Waals surface area contributed by atoms with Crippen LogP contribution in [0.4, 0.5) is 0 Å². The Balaban J connectivity index is 1.70. The highest BCUT2D eigenvalue weighted by Gasteiger charge is 2.12. The molecule has 4 aromatic carbocycles. The normalized spacial score (nSPS) is 11.2. The van der Waals surface area contributed by atoms with Gasteiger partial charge in [0, 0.05) is 16.2 Å². The minimum atomic E-state index is 0.856. The first-order valence-electron chi connectivity index (χ1n) is 8.37. The highest BCUT2D eigenvalue weighted by Crippen LogP contribution is 2.32. The molecule has 0 radical (unpaired) electrons. The summed E-state index contributed by atoms with van der Waals surface area (Å²) < 4.78 is 1.78. The Morgan fingerprint density at radius 2 is 1.20 bits per heavy atom. The van der Waals surface area contributed by atoms with Gasteiger partial charge in [-0.05, 0) is 33.7 Å². The molecule has 1 aromatic heterocycles. The van der Waals surface area contributed by atoms with E-state index in [0.717, 1.165) is 16.5 Å². The van der Waals surface area contributed by atoms with Crippen LogP contribution < -0.4 is 9.57 Å². The molecule has 5 rings (SSSR count). The van der Waals surface area contributed by atoms with E-state index in [1.54, 1.807) is 4.73 Å². The average molecular weight is 322 g/mol. The van der Waals surface area contributed by atoms with Crippen LogP contribution in [0, 0.1) is 0 Å². The second-order valence-corrected chi connectivity index (χ2v) is 6.17. The van der Waals surface area contributed by atoms with Gasteiger partial charge >= 0.3 is 0 Å². The standard InChI is InChI=1S/C23H16NO/c1-2-9-19-16-24(14-13-17(19)7-1)25-23-15-18-8-3-4-10-20(18)21-11-5-6-12-22(21)23/h1-16H/q+1. The van der Waals surface area contributed by atoms with Crippen molar-refractivity contribution in [1.82, 2.24) is 0 Å². The van der Waals surface area contributed by atoms with Crippen molar-refractivity contribution in [2.75, 3.05) is 0 Å². The molecule has 0 saturated carbocycles. The molecular formula is C23H16NO+. The van der Waals surface area contributed by atoms with E-state index in [1.807, 2.05) is 24.5 Å². The summed E-state index contributed by atoms with van der Waals surface area (Å²) in [5.41, 5.74) is 0. The summed E-state index contributed by atoms with van der Waals surface area (Å²) in [6.07, 6.45) is 3.96. The SMILES string of the molecule is c1ccc2c[n+](Oc3cc4ccccc4c4ccccc34)ccc2c1. The van der Waals surface area contributed by atoms with Crippen molar-refractivity contribution in [2.45, 2.75) is 0 Å². The second-order valence-electron chi connectivity index (χ2n) is 6.17. The highest BCUT2D eigenvalue weighted by molar-refractivity contribution is 6.10. The van der Waals surface area contributed by atoms with Gasteiger partial charge in [-0.25, -0.2) is 4.84 Å². The van der Waals surface area contributed by atoms with Crippen LogP contribution in [-0.2, 0) is 0 Å². The van der Waals surface area contributed by atoms with Gasteiger partial charge in [-0.3, -0.25) is 0 Å². The van der Waals surface area contributed by atoms with Gasteiger partial charge in [0.2, 0.25) is 18.1 Å². The predicted octanol–water partition coefficient (Wildman–Crippen LogP) is 5.28. The summed E-state index contributed by atoms with van der Waals surface area (Å²) in [5, 5.41) is 7.09. The Labute approximate surface area is 145 Å². The zero-order chi connectivity index (χ0) is 16.6. The number of pyridine rings is 1. The predicted molar refractivity (Wildman–Crippen MR) is 102 cm³/mol. The Morgan fingerprint density at radius 1 is 0.560 bits per heavy atom. The molecule has 1 heterocycles. The number of fused-ring (bicyclic) bond motifs is 4. The van der Waals surface area contributed by atoms with E-state index in [4.69, 9.17) is 4.84 Å². The maximum absolute atomic E-state index is 6.22. The van der Waals surface area contributed by atoms with Gasteiger partial charge in [0.25, 0.3) is 0 Å². The van der Waals surface area contributed by atoms with Crippen molar-refractivity contribution in [3.8, 4) is 5.75 Å². The van der Waals surface area contributed by atoms with Crippen LogP contribution >= 0.6 is 0 Å². The van der Waals surface area contributed by atoms with E-state index < -0.39 is 0 Å². The van der Waals surface area contributed by atoms with Crippen LogP contribution in [0.1, 0.15) is 0 Å². The lowest BCUT2D eigenvalue weighted by Crippen LogP contribution is -2.38. The Hall–Kier alpha value is -3.39. The lowest BCUT2D eigenvalue weighted by Gasteiger charge is -2.08. The molecule has 0 aliphatic carbocycles. The van der Waals surface area contributed by atoms with E-state index in [-0.39, 0.29) is 0 Å². The maximum Gasteiger partial charge on any atom is 0.230 e. The van der Waals surface area contributed by atoms with Gasteiger partial charge in [-0.1, -0.05) is 66.7 Å². The lowest BCUT2D eigenvalue weighted by atomic mass is 10.0. The summed E-state index contributed by atoms with van der Waals surface area (Å²) in [4.78, 5) is 6.22. The summed E-state index contributed by atoms with van der Waals surface area (Å²) >= 11 is 0. The van der Waals surface area contributed by atoms with E-state index in [2.05, 4.69) is 72.8 Å². The molecule has 25 heavy (non-hydrogen) atoms. The third kappa shape index (κ3) is 2.39. The zero-order valence-corrected chi connectivity index (χ0v) is 13.6. The molecule has 0 N–H and O–H groups in total. The van der Waals surface area contributed by atoms with Crippen LogP contribution in [0.25, 0.3) is 32.3 Å². The van der Waals surface area contributed by atoms with Crippen molar-refractivity contribution in [2.24, 2.45) is 0 Å². The van der Waals surface area contributed by atoms with Crippen molar-refractivity contribution in [3.05, 3.63) is 97.3 Å². The molecule has 0 aliphatic heterocycles. The van der Waals surface area contributed by atoms with Crippen LogP contribution in [0.3, 0.4) is 0 Å². The van der Waals surface area contributed by atoms with E-state index in [1.165, 1.54) is 21.5 Å². The van der Waals surface area contributed by atoms with Gasteiger partial charge in [0.15, 0.2) is 0 Å². The number of hydrogen-bond donors (Lipinski definition) is 0. The highest BCUT2D eigenvalue weighted by atomic mass is 16.7. The van der Waals surface area contributed by atoms with Crippen molar-refractivity contribution >= 4 is 32.3 Å². The Kier molecular flexibility index (Phi) is 3.14. The van der Waals surface area contributed by atoms with Gasteiger partial charge in [0.1, 0.15) is 0 Å². The minimum Gasteiger partial charge on any atom is -0.231 e. The molecule has 0 spiro atoms. The number of nitrogens with zero attached hydrogens (tertiary/aromatic N) is 1. The minimum absolute atomic E-state index is 0.856. The smallest absolute Gasteiger partial charge is 0.230 e. The third-order valence-electron chi connectivity index (χ3n) is 4.60. The lowest BCUT2D eigenvalue weighted by molar-refractivity contribution is -0.873. The number of benzene rings is 4. The van der Waals surface area contributed by atoms with Gasteiger partial charge in [0.05, 0.1) is 5.39 Å². The molecule has 0 unspecified atom stereocenters. The number of hydrogen-bond acceptors (Lipinski definition) is 1. The topological polar surface area (TPSA) is 13.1 Å². The van der Waals surface area contributed by atoms with Gasteiger partial charge in [-0.2, -0.15) is 0 Å². The molecule has 118 valence electrons. The molecule has 2 heteroatoms. The monoisotopic (exact) mass is 322 g/mol. The first kappa shape index (κ1) is 14.0. The third-order valence-corrected chi connectivity index (χ3v) is 4.60. The van der Waals surface area contributed by atoms with Crippen LogP contribution in [-0.4, -0.2) is 0 Å². The fourth-order valence-electron chi connectivity index (χ4n) is 3.38. The van der Waals surface area contributed by atoms with Gasteiger partial charge < -0.3 is 0 Å². The first-order chi connectivity index (χ1) is 12.4. The average Bonchev–Trinajstić information content (AvgIpc) is 2.68. The maximum atomic E-state index is 6.22. The number of rotatable bonds is 2. The molecule has 0 atom stereocenters.